The number of pyridine rings is 1. The lowest BCUT2D eigenvalue weighted by atomic mass is 10.1. The Morgan fingerprint density at radius 3 is 2.32 bits per heavy atom. The van der Waals surface area contributed by atoms with E-state index in [2.05, 4.69) is 36.8 Å². The van der Waals surface area contributed by atoms with Gasteiger partial charge in [0.25, 0.3) is 0 Å². The predicted molar refractivity (Wildman–Crippen MR) is 85.7 cm³/mol. The number of benzene rings is 1. The average molecular weight is 401 g/mol. The van der Waals surface area contributed by atoms with Crippen LogP contribution in [0.25, 0.3) is 0 Å². The molecular weight excluding hydrogens is 390 g/mol. The number of rotatable bonds is 4. The summed E-state index contributed by atoms with van der Waals surface area (Å²) in [6, 6.07) is 11.2. The molecule has 0 fully saturated rings. The highest BCUT2D eigenvalue weighted by atomic mass is 79.9. The number of hydrogen-bond donors (Lipinski definition) is 0. The molecule has 0 N–H and O–H groups in total. The van der Waals surface area contributed by atoms with Crippen LogP contribution >= 0.6 is 43.6 Å². The lowest BCUT2D eigenvalue weighted by Crippen LogP contribution is -2.13. The zero-order chi connectivity index (χ0) is 13.8. The molecule has 0 bridgehead atoms. The summed E-state index contributed by atoms with van der Waals surface area (Å²) < 4.78 is 1.91. The maximum atomic E-state index is 12.3. The smallest absolute Gasteiger partial charge is 0.175 e. The second kappa shape index (κ2) is 6.68. The molecule has 1 heterocycles. The van der Waals surface area contributed by atoms with Gasteiger partial charge in [-0.25, -0.2) is 4.98 Å². The number of carbonyl (C=O) groups is 1. The summed E-state index contributed by atoms with van der Waals surface area (Å²) in [5.74, 6) is 0.113. The fraction of sp³-hybridized carbons (Fsp3) is 0.143. The largest absolute Gasteiger partial charge is 0.293 e. The van der Waals surface area contributed by atoms with E-state index in [1.165, 1.54) is 11.8 Å². The molecule has 1 unspecified atom stereocenters. The van der Waals surface area contributed by atoms with Crippen LogP contribution in [0.4, 0.5) is 0 Å². The molecule has 1 atom stereocenters. The Morgan fingerprint density at radius 1 is 1.11 bits per heavy atom. The maximum absolute atomic E-state index is 12.3. The van der Waals surface area contributed by atoms with Crippen LogP contribution in [0.5, 0.6) is 0 Å². The van der Waals surface area contributed by atoms with Crippen LogP contribution in [0.2, 0.25) is 0 Å². The van der Waals surface area contributed by atoms with Crippen LogP contribution in [0.15, 0.2) is 56.6 Å². The van der Waals surface area contributed by atoms with Crippen molar-refractivity contribution < 1.29 is 4.79 Å². The Labute approximate surface area is 133 Å². The Hall–Kier alpha value is -0.650. The lowest BCUT2D eigenvalue weighted by molar-refractivity contribution is 0.0994. The molecular formula is C14H11Br2NOS. The van der Waals surface area contributed by atoms with Gasteiger partial charge in [0, 0.05) is 20.7 Å². The molecule has 0 radical (unpaired) electrons. The van der Waals surface area contributed by atoms with Gasteiger partial charge < -0.3 is 0 Å². The van der Waals surface area contributed by atoms with Crippen molar-refractivity contribution in [3.05, 3.63) is 57.1 Å². The second-order valence-corrected chi connectivity index (χ2v) is 7.14. The number of nitrogens with zero attached hydrogens (tertiary/aromatic N) is 1. The van der Waals surface area contributed by atoms with Gasteiger partial charge in [0.15, 0.2) is 5.78 Å². The van der Waals surface area contributed by atoms with Crippen molar-refractivity contribution in [3.63, 3.8) is 0 Å². The summed E-state index contributed by atoms with van der Waals surface area (Å²) >= 11 is 8.17. The molecule has 1 aromatic heterocycles. The van der Waals surface area contributed by atoms with Gasteiger partial charge in [-0.15, -0.1) is 0 Å². The molecule has 0 saturated heterocycles. The molecule has 2 nitrogen and oxygen atoms in total. The van der Waals surface area contributed by atoms with E-state index in [-0.39, 0.29) is 11.0 Å². The van der Waals surface area contributed by atoms with Crippen molar-refractivity contribution in [3.8, 4) is 0 Å². The van der Waals surface area contributed by atoms with Crippen LogP contribution in [0, 0.1) is 0 Å². The maximum Gasteiger partial charge on any atom is 0.175 e. The van der Waals surface area contributed by atoms with Crippen molar-refractivity contribution in [2.45, 2.75) is 17.2 Å². The third-order valence-corrected chi connectivity index (χ3v) is 4.54. The van der Waals surface area contributed by atoms with Crippen molar-refractivity contribution in [2.24, 2.45) is 0 Å². The fourth-order valence-corrected chi connectivity index (χ4v) is 2.88. The molecule has 2 rings (SSSR count). The van der Waals surface area contributed by atoms with E-state index in [1.807, 2.05) is 43.3 Å². The summed E-state index contributed by atoms with van der Waals surface area (Å²) in [5.41, 5.74) is 0.723. The summed E-state index contributed by atoms with van der Waals surface area (Å²) in [6.07, 6.45) is 1.74. The normalized spacial score (nSPS) is 12.2. The number of hydrogen-bond acceptors (Lipinski definition) is 3. The molecule has 0 aliphatic carbocycles. The van der Waals surface area contributed by atoms with E-state index in [0.717, 1.165) is 19.5 Å². The van der Waals surface area contributed by atoms with E-state index >= 15 is 0 Å². The molecule has 2 aromatic rings. The van der Waals surface area contributed by atoms with Crippen molar-refractivity contribution in [1.29, 1.82) is 0 Å². The minimum Gasteiger partial charge on any atom is -0.293 e. The van der Waals surface area contributed by atoms with Gasteiger partial charge in [-0.05, 0) is 47.1 Å². The molecule has 5 heteroatoms. The van der Waals surface area contributed by atoms with Crippen LogP contribution in [-0.4, -0.2) is 16.0 Å². The molecule has 98 valence electrons. The van der Waals surface area contributed by atoms with Crippen LogP contribution in [0.3, 0.4) is 0 Å². The van der Waals surface area contributed by atoms with E-state index in [1.54, 1.807) is 6.20 Å². The first-order valence-corrected chi connectivity index (χ1v) is 8.11. The summed E-state index contributed by atoms with van der Waals surface area (Å²) in [6.45, 7) is 1.90. The SMILES string of the molecule is CC(Sc1ccc(Br)cn1)C(=O)c1ccc(Br)cc1. The number of Topliss-reactive ketones (excluding diaryl/α,β-unsaturated/α-hetero) is 1. The molecule has 19 heavy (non-hydrogen) atoms. The molecule has 0 aliphatic heterocycles. The number of thioether (sulfide) groups is 1. The zero-order valence-electron chi connectivity index (χ0n) is 10.1. The Kier molecular flexibility index (Phi) is 5.19. The fourth-order valence-electron chi connectivity index (χ4n) is 1.52. The summed E-state index contributed by atoms with van der Waals surface area (Å²) in [5, 5.41) is 0.691. The monoisotopic (exact) mass is 399 g/mol. The van der Waals surface area contributed by atoms with E-state index < -0.39 is 0 Å². The van der Waals surface area contributed by atoms with Gasteiger partial charge in [-0.3, -0.25) is 4.79 Å². The van der Waals surface area contributed by atoms with E-state index in [0.29, 0.717) is 0 Å². The van der Waals surface area contributed by atoms with Crippen LogP contribution in [-0.2, 0) is 0 Å². The number of carbonyl (C=O) groups excluding carboxylic acids is 1. The van der Waals surface area contributed by atoms with E-state index in [9.17, 15) is 4.79 Å². The highest BCUT2D eigenvalue weighted by molar-refractivity contribution is 9.10. The number of halogens is 2. The van der Waals surface area contributed by atoms with Gasteiger partial charge in [-0.1, -0.05) is 39.8 Å². The quantitative estimate of drug-likeness (QED) is 0.536. The van der Waals surface area contributed by atoms with Crippen LogP contribution in [0.1, 0.15) is 17.3 Å². The third-order valence-electron chi connectivity index (χ3n) is 2.50. The van der Waals surface area contributed by atoms with Gasteiger partial charge in [-0.2, -0.15) is 0 Å². The molecule has 0 saturated carbocycles. The van der Waals surface area contributed by atoms with Crippen molar-refractivity contribution in [2.75, 3.05) is 0 Å². The van der Waals surface area contributed by atoms with Crippen molar-refractivity contribution in [1.82, 2.24) is 4.98 Å². The Bertz CT molecular complexity index is 569. The van der Waals surface area contributed by atoms with E-state index in [4.69, 9.17) is 0 Å². The molecule has 0 amide bonds. The standard InChI is InChI=1S/C14H11Br2NOS/c1-9(19-13-7-6-12(16)8-17-13)14(18)10-2-4-11(15)5-3-10/h2-9H,1H3. The highest BCUT2D eigenvalue weighted by Crippen LogP contribution is 2.25. The Balaban J connectivity index is 2.07. The number of ketones is 1. The number of aromatic nitrogens is 1. The first-order valence-electron chi connectivity index (χ1n) is 5.64. The third kappa shape index (κ3) is 4.16. The predicted octanol–water partition coefficient (Wildman–Crippen LogP) is 4.97. The molecule has 0 spiro atoms. The average Bonchev–Trinajstić information content (AvgIpc) is 2.41. The highest BCUT2D eigenvalue weighted by Gasteiger charge is 2.16. The summed E-state index contributed by atoms with van der Waals surface area (Å²) in [7, 11) is 0. The van der Waals surface area contributed by atoms with Crippen molar-refractivity contribution >= 4 is 49.4 Å². The Morgan fingerprint density at radius 2 is 1.74 bits per heavy atom. The van der Waals surface area contributed by atoms with Crippen LogP contribution < -0.4 is 0 Å². The first kappa shape index (κ1) is 14.8. The second-order valence-electron chi connectivity index (χ2n) is 3.95. The topological polar surface area (TPSA) is 30.0 Å². The van der Waals surface area contributed by atoms with Gasteiger partial charge >= 0.3 is 0 Å². The molecule has 1 aromatic carbocycles. The molecule has 0 aliphatic rings. The lowest BCUT2D eigenvalue weighted by Gasteiger charge is -2.09. The first-order chi connectivity index (χ1) is 9.06. The minimum absolute atomic E-state index is 0.113. The zero-order valence-corrected chi connectivity index (χ0v) is 14.1. The minimum atomic E-state index is -0.158. The van der Waals surface area contributed by atoms with Gasteiger partial charge in [0.1, 0.15) is 0 Å². The van der Waals surface area contributed by atoms with Gasteiger partial charge in [0.2, 0.25) is 0 Å². The van der Waals surface area contributed by atoms with Gasteiger partial charge in [0.05, 0.1) is 10.3 Å². The summed E-state index contributed by atoms with van der Waals surface area (Å²) in [4.78, 5) is 16.5.